The fourth-order valence-corrected chi connectivity index (χ4v) is 1.06. The van der Waals surface area contributed by atoms with Gasteiger partial charge in [0.05, 0.1) is 0 Å². The molecule has 0 atom stereocenters. The van der Waals surface area contributed by atoms with E-state index in [0.717, 1.165) is 0 Å². The largest absolute Gasteiger partial charge is 0.357 e. The third-order valence-electron chi connectivity index (χ3n) is 2.13. The molecule has 0 spiro atoms. The van der Waals surface area contributed by atoms with Gasteiger partial charge in [-0.05, 0) is 102 Å². The molecule has 0 aromatic carbocycles. The molecule has 31 heavy (non-hydrogen) atoms. The van der Waals surface area contributed by atoms with E-state index in [4.69, 9.17) is 0 Å². The van der Waals surface area contributed by atoms with Crippen LogP contribution in [0.5, 0.6) is 0 Å². The molecule has 0 saturated heterocycles. The highest BCUT2D eigenvalue weighted by Crippen LogP contribution is 1.63. The van der Waals surface area contributed by atoms with Crippen molar-refractivity contribution in [1.29, 1.82) is 0 Å². The second-order valence-electron chi connectivity index (χ2n) is 4.20. The third-order valence-corrected chi connectivity index (χ3v) is 2.13. The molecule has 0 aromatic heterocycles. The van der Waals surface area contributed by atoms with E-state index in [-0.39, 0.29) is 6.54 Å². The van der Waals surface area contributed by atoms with Crippen molar-refractivity contribution >= 4 is 12.3 Å². The van der Waals surface area contributed by atoms with Crippen molar-refractivity contribution in [2.45, 2.75) is 6.92 Å². The molecule has 4 heteroatoms. The zero-order valence-corrected chi connectivity index (χ0v) is 16.3. The van der Waals surface area contributed by atoms with Gasteiger partial charge in [0.25, 0.3) is 5.91 Å². The summed E-state index contributed by atoms with van der Waals surface area (Å²) in [5.74, 6) is 53.8. The van der Waals surface area contributed by atoms with Crippen LogP contribution in [0.4, 0.5) is 0 Å². The Bertz CT molecular complexity index is 1380. The molecule has 0 rings (SSSR count). The molecule has 2 amide bonds. The van der Waals surface area contributed by atoms with E-state index < -0.39 is 5.91 Å². The summed E-state index contributed by atoms with van der Waals surface area (Å²) in [6, 6.07) is 0. The Labute approximate surface area is 183 Å². The van der Waals surface area contributed by atoms with Crippen molar-refractivity contribution in [1.82, 2.24) is 10.6 Å². The minimum Gasteiger partial charge on any atom is -0.357 e. The van der Waals surface area contributed by atoms with E-state index in [0.29, 0.717) is 13.0 Å². The van der Waals surface area contributed by atoms with Gasteiger partial charge in [-0.15, -0.1) is 0 Å². The van der Waals surface area contributed by atoms with Crippen molar-refractivity contribution in [2.75, 3.05) is 13.1 Å². The van der Waals surface area contributed by atoms with Crippen LogP contribution < -0.4 is 10.6 Å². The highest BCUT2D eigenvalue weighted by molar-refractivity contribution is 5.94. The molecule has 4 nitrogen and oxygen atoms in total. The van der Waals surface area contributed by atoms with Gasteiger partial charge in [-0.25, -0.2) is 0 Å². The average Bonchev–Trinajstić information content (AvgIpc) is 2.77. The van der Waals surface area contributed by atoms with Crippen LogP contribution in [0, 0.1) is 130 Å². The van der Waals surface area contributed by atoms with Crippen LogP contribution in [0.15, 0.2) is 0 Å². The maximum Gasteiger partial charge on any atom is 0.296 e. The van der Waals surface area contributed by atoms with Crippen LogP contribution in [0.2, 0.25) is 0 Å². The zero-order valence-electron chi connectivity index (χ0n) is 16.3. The first-order chi connectivity index (χ1) is 15.3. The first-order valence-electron chi connectivity index (χ1n) is 8.19. The zero-order chi connectivity index (χ0) is 22.7. The third kappa shape index (κ3) is 22.1. The van der Waals surface area contributed by atoms with Crippen LogP contribution in [-0.2, 0) is 9.59 Å². The predicted octanol–water partition coefficient (Wildman–Crippen LogP) is -1.09. The van der Waals surface area contributed by atoms with E-state index in [9.17, 15) is 9.59 Å². The van der Waals surface area contributed by atoms with Gasteiger partial charge >= 0.3 is 0 Å². The molecule has 0 aliphatic heterocycles. The molecule has 2 N–H and O–H groups in total. The molecule has 0 heterocycles. The number of carbonyl (C=O) groups is 2. The monoisotopic (exact) mass is 394 g/mol. The number of carbonyl (C=O) groups excluding carboxylic acids is 2. The van der Waals surface area contributed by atoms with Gasteiger partial charge in [0.15, 0.2) is 0 Å². The lowest BCUT2D eigenvalue weighted by Crippen LogP contribution is -2.30. The van der Waals surface area contributed by atoms with E-state index >= 15 is 0 Å². The fourth-order valence-electron chi connectivity index (χ4n) is 1.06. The summed E-state index contributed by atoms with van der Waals surface area (Å²) in [4.78, 5) is 21.2. The van der Waals surface area contributed by atoms with Crippen molar-refractivity contribution in [3.05, 3.63) is 0 Å². The Kier molecular flexibility index (Phi) is 17.9. The van der Waals surface area contributed by atoms with Crippen molar-refractivity contribution < 1.29 is 9.59 Å². The summed E-state index contributed by atoms with van der Waals surface area (Å²) in [6.45, 7) is 2.29. The molecule has 140 valence electrons. The SMILES string of the molecule is CC#CC#CC#CC#CC#CC#CC#CC#CC#CC#CC#CC(=O)NCCNC=O. The summed E-state index contributed by atoms with van der Waals surface area (Å²) < 4.78 is 0. The van der Waals surface area contributed by atoms with Gasteiger partial charge in [0.1, 0.15) is 0 Å². The van der Waals surface area contributed by atoms with E-state index in [1.165, 1.54) is 0 Å². The van der Waals surface area contributed by atoms with Gasteiger partial charge in [-0.2, -0.15) is 0 Å². The highest BCUT2D eigenvalue weighted by atomic mass is 16.1. The highest BCUT2D eigenvalue weighted by Gasteiger charge is 1.91. The fraction of sp³-hybridized carbons (Fsp3) is 0.111. The van der Waals surface area contributed by atoms with Gasteiger partial charge in [0.2, 0.25) is 6.41 Å². The Balaban J connectivity index is 4.36. The van der Waals surface area contributed by atoms with Crippen LogP contribution >= 0.6 is 0 Å². The topological polar surface area (TPSA) is 58.2 Å². The molecular weight excluding hydrogens is 384 g/mol. The number of rotatable bonds is 4. The Morgan fingerprint density at radius 1 is 0.581 bits per heavy atom. The molecule has 0 aliphatic carbocycles. The van der Waals surface area contributed by atoms with E-state index in [1.54, 1.807) is 6.92 Å². The van der Waals surface area contributed by atoms with Crippen LogP contribution in [0.1, 0.15) is 6.92 Å². The summed E-state index contributed by atoms with van der Waals surface area (Å²) in [5.41, 5.74) is 0. The summed E-state index contributed by atoms with van der Waals surface area (Å²) in [7, 11) is 0. The van der Waals surface area contributed by atoms with Crippen LogP contribution in [0.25, 0.3) is 0 Å². The molecule has 0 bridgehead atoms. The molecule has 0 saturated carbocycles. The van der Waals surface area contributed by atoms with Crippen LogP contribution in [0.3, 0.4) is 0 Å². The molecular formula is C27H10N2O2. The smallest absolute Gasteiger partial charge is 0.296 e. The average molecular weight is 394 g/mol. The van der Waals surface area contributed by atoms with E-state index in [1.807, 2.05) is 0 Å². The minimum absolute atomic E-state index is 0.280. The molecule has 0 aromatic rings. The maximum atomic E-state index is 11.2. The van der Waals surface area contributed by atoms with Gasteiger partial charge in [-0.1, -0.05) is 5.92 Å². The summed E-state index contributed by atoms with van der Waals surface area (Å²) in [6.07, 6.45) is 0.540. The predicted molar refractivity (Wildman–Crippen MR) is 118 cm³/mol. The van der Waals surface area contributed by atoms with Gasteiger partial charge in [-0.3, -0.25) is 9.59 Å². The normalized spacial score (nSPS) is 5.19. The van der Waals surface area contributed by atoms with E-state index in [2.05, 4.69) is 141 Å². The maximum absolute atomic E-state index is 11.2. The van der Waals surface area contributed by atoms with Gasteiger partial charge in [0, 0.05) is 42.7 Å². The lowest BCUT2D eigenvalue weighted by molar-refractivity contribution is -0.116. The standard InChI is InChI=1S/C27H10N2O2/c1-2-3-4-5-6-7-8-9-10-11-12-13-14-15-16-17-18-19-20-21-22-23-27(31)29-25-24-28-26-30/h26H,24-25H2,1H3,(H,28,30)(H,29,31). The molecule has 0 fully saturated rings. The lowest BCUT2D eigenvalue weighted by Gasteiger charge is -1.97. The Hall–Kier alpha value is -5.90. The van der Waals surface area contributed by atoms with Gasteiger partial charge < -0.3 is 10.6 Å². The van der Waals surface area contributed by atoms with Crippen LogP contribution in [-0.4, -0.2) is 25.4 Å². The lowest BCUT2D eigenvalue weighted by atomic mass is 10.4. The number of nitrogens with one attached hydrogen (secondary N) is 2. The molecule has 0 aliphatic rings. The second-order valence-corrected chi connectivity index (χ2v) is 4.20. The second kappa shape index (κ2) is 22.1. The molecule has 0 radical (unpaired) electrons. The summed E-state index contributed by atoms with van der Waals surface area (Å²) >= 11 is 0. The van der Waals surface area contributed by atoms with Crippen molar-refractivity contribution in [3.8, 4) is 130 Å². The quantitative estimate of drug-likeness (QED) is 0.362. The number of amides is 2. The Morgan fingerprint density at radius 2 is 0.935 bits per heavy atom. The Morgan fingerprint density at radius 3 is 1.29 bits per heavy atom. The molecule has 0 unspecified atom stereocenters. The van der Waals surface area contributed by atoms with Crippen molar-refractivity contribution in [3.63, 3.8) is 0 Å². The minimum atomic E-state index is -0.500. The first kappa shape index (κ1) is 25.1. The first-order valence-corrected chi connectivity index (χ1v) is 8.19. The number of hydrogen-bond donors (Lipinski definition) is 2. The number of hydrogen-bond acceptors (Lipinski definition) is 2. The van der Waals surface area contributed by atoms with Crippen molar-refractivity contribution in [2.24, 2.45) is 0 Å². The summed E-state index contributed by atoms with van der Waals surface area (Å²) in [5, 5.41) is 4.86.